The second-order valence-corrected chi connectivity index (χ2v) is 11.9. The number of carbonyl (C=O) groups excluding carboxylic acids is 2. The predicted molar refractivity (Wildman–Crippen MR) is 154 cm³/mol. The van der Waals surface area contributed by atoms with Gasteiger partial charge < -0.3 is 15.0 Å². The summed E-state index contributed by atoms with van der Waals surface area (Å²) in [4.78, 5) is 28.2. The first-order chi connectivity index (χ1) is 18.4. The van der Waals surface area contributed by atoms with Gasteiger partial charge in [0.25, 0.3) is 10.0 Å². The zero-order valence-corrected chi connectivity index (χ0v) is 24.4. The van der Waals surface area contributed by atoms with Crippen molar-refractivity contribution in [3.63, 3.8) is 0 Å². The second-order valence-electron chi connectivity index (χ2n) is 9.16. The molecule has 0 saturated carbocycles. The van der Waals surface area contributed by atoms with Crippen LogP contribution in [0.4, 0.5) is 5.69 Å². The van der Waals surface area contributed by atoms with Gasteiger partial charge in [-0.05, 0) is 68.8 Å². The van der Waals surface area contributed by atoms with Gasteiger partial charge in [-0.1, -0.05) is 53.5 Å². The quantitative estimate of drug-likeness (QED) is 0.333. The first-order valence-electron chi connectivity index (χ1n) is 12.2. The Labute approximate surface area is 239 Å². The van der Waals surface area contributed by atoms with E-state index < -0.39 is 28.5 Å². The summed E-state index contributed by atoms with van der Waals surface area (Å²) in [5.41, 5.74) is 0.820. The lowest BCUT2D eigenvalue weighted by molar-refractivity contribution is -0.139. The van der Waals surface area contributed by atoms with Gasteiger partial charge in [0.15, 0.2) is 0 Å². The fourth-order valence-electron chi connectivity index (χ4n) is 3.89. The van der Waals surface area contributed by atoms with E-state index in [0.29, 0.717) is 11.3 Å². The van der Waals surface area contributed by atoms with E-state index in [1.54, 1.807) is 49.4 Å². The summed E-state index contributed by atoms with van der Waals surface area (Å²) in [6, 6.07) is 18.1. The molecule has 1 atom stereocenters. The third kappa shape index (κ3) is 7.88. The van der Waals surface area contributed by atoms with Crippen molar-refractivity contribution in [1.82, 2.24) is 10.2 Å². The molecule has 208 valence electrons. The highest BCUT2D eigenvalue weighted by atomic mass is 35.5. The summed E-state index contributed by atoms with van der Waals surface area (Å²) in [7, 11) is -2.69. The number of halogens is 2. The third-order valence-electron chi connectivity index (χ3n) is 5.83. The van der Waals surface area contributed by atoms with E-state index in [1.165, 1.54) is 42.3 Å². The third-order valence-corrected chi connectivity index (χ3v) is 8.06. The van der Waals surface area contributed by atoms with E-state index in [-0.39, 0.29) is 39.1 Å². The molecule has 3 aromatic rings. The van der Waals surface area contributed by atoms with Crippen molar-refractivity contribution in [1.29, 1.82) is 0 Å². The summed E-state index contributed by atoms with van der Waals surface area (Å²) >= 11 is 12.4. The van der Waals surface area contributed by atoms with Crippen molar-refractivity contribution >= 4 is 50.7 Å². The molecule has 0 aliphatic carbocycles. The zero-order valence-electron chi connectivity index (χ0n) is 22.1. The van der Waals surface area contributed by atoms with Crippen LogP contribution < -0.4 is 14.4 Å². The fourth-order valence-corrected chi connectivity index (χ4v) is 5.82. The molecule has 0 fully saturated rings. The molecule has 0 aliphatic rings. The summed E-state index contributed by atoms with van der Waals surface area (Å²) in [5, 5.41) is 3.23. The van der Waals surface area contributed by atoms with Gasteiger partial charge in [0, 0.05) is 22.6 Å². The molecule has 0 unspecified atom stereocenters. The summed E-state index contributed by atoms with van der Waals surface area (Å²) in [6.07, 6.45) is 0. The number of carbonyl (C=O) groups is 2. The summed E-state index contributed by atoms with van der Waals surface area (Å²) in [6.45, 7) is 4.67. The highest BCUT2D eigenvalue weighted by Gasteiger charge is 2.33. The van der Waals surface area contributed by atoms with Crippen LogP contribution in [0.2, 0.25) is 10.0 Å². The van der Waals surface area contributed by atoms with Crippen LogP contribution >= 0.6 is 23.2 Å². The minimum absolute atomic E-state index is 0.0150. The summed E-state index contributed by atoms with van der Waals surface area (Å²) in [5.74, 6) is -0.384. The minimum atomic E-state index is -4.22. The Hall–Kier alpha value is -3.27. The average molecular weight is 593 g/mol. The van der Waals surface area contributed by atoms with Crippen LogP contribution in [0.3, 0.4) is 0 Å². The molecule has 3 aromatic carbocycles. The number of benzene rings is 3. The zero-order chi connectivity index (χ0) is 28.7. The van der Waals surface area contributed by atoms with E-state index >= 15 is 0 Å². The van der Waals surface area contributed by atoms with Crippen molar-refractivity contribution in [3.8, 4) is 5.75 Å². The Morgan fingerprint density at radius 2 is 1.56 bits per heavy atom. The molecule has 0 radical (unpaired) electrons. The van der Waals surface area contributed by atoms with Crippen molar-refractivity contribution in [2.75, 3.05) is 18.0 Å². The fraction of sp³-hybridized carbons (Fsp3) is 0.286. The lowest BCUT2D eigenvalue weighted by Gasteiger charge is -2.32. The van der Waals surface area contributed by atoms with Crippen LogP contribution in [0.15, 0.2) is 77.7 Å². The van der Waals surface area contributed by atoms with Gasteiger partial charge in [-0.3, -0.25) is 13.9 Å². The number of nitrogens with zero attached hydrogens (tertiary/aromatic N) is 2. The SMILES string of the molecule is COc1cccc(CN(C(=O)CN(c2cc(Cl)cc(Cl)c2)S(=O)(=O)c2ccccc2)[C@H](C)C(=O)NC(C)C)c1. The van der Waals surface area contributed by atoms with Crippen molar-refractivity contribution in [3.05, 3.63) is 88.4 Å². The smallest absolute Gasteiger partial charge is 0.264 e. The molecule has 0 heterocycles. The van der Waals surface area contributed by atoms with Gasteiger partial charge in [0.1, 0.15) is 18.3 Å². The van der Waals surface area contributed by atoms with Gasteiger partial charge in [-0.2, -0.15) is 0 Å². The topological polar surface area (TPSA) is 96.0 Å². The lowest BCUT2D eigenvalue weighted by atomic mass is 10.1. The molecule has 0 aromatic heterocycles. The largest absolute Gasteiger partial charge is 0.497 e. The van der Waals surface area contributed by atoms with E-state index in [1.807, 2.05) is 13.8 Å². The number of rotatable bonds is 11. The van der Waals surface area contributed by atoms with Crippen molar-refractivity contribution in [2.24, 2.45) is 0 Å². The van der Waals surface area contributed by atoms with Crippen molar-refractivity contribution < 1.29 is 22.7 Å². The van der Waals surface area contributed by atoms with E-state index in [9.17, 15) is 18.0 Å². The van der Waals surface area contributed by atoms with Crippen LogP contribution in [0.25, 0.3) is 0 Å². The van der Waals surface area contributed by atoms with E-state index in [0.717, 1.165) is 4.31 Å². The molecular weight excluding hydrogens is 561 g/mol. The standard InChI is InChI=1S/C28H31Cl2N3O5S/c1-19(2)31-28(35)20(3)32(17-21-9-8-10-25(13-21)38-4)27(34)18-33(24-15-22(29)14-23(30)16-24)39(36,37)26-11-6-5-7-12-26/h5-16,19-20H,17-18H2,1-4H3,(H,31,35)/t20-/m1/s1. The number of nitrogens with one attached hydrogen (secondary N) is 1. The first kappa shape index (κ1) is 30.3. The number of ether oxygens (including phenoxy) is 1. The molecule has 1 N–H and O–H groups in total. The molecule has 0 aliphatic heterocycles. The Balaban J connectivity index is 2.06. The summed E-state index contributed by atoms with van der Waals surface area (Å²) < 4.78 is 33.8. The maximum Gasteiger partial charge on any atom is 0.264 e. The molecule has 39 heavy (non-hydrogen) atoms. The average Bonchev–Trinajstić information content (AvgIpc) is 2.89. The Morgan fingerprint density at radius 3 is 2.15 bits per heavy atom. The van der Waals surface area contributed by atoms with E-state index in [2.05, 4.69) is 5.32 Å². The van der Waals surface area contributed by atoms with E-state index in [4.69, 9.17) is 27.9 Å². The Bertz CT molecular complexity index is 1400. The van der Waals surface area contributed by atoms with Crippen LogP contribution in [-0.4, -0.2) is 50.9 Å². The number of amides is 2. The van der Waals surface area contributed by atoms with Crippen LogP contribution in [-0.2, 0) is 26.2 Å². The molecule has 0 spiro atoms. The lowest BCUT2D eigenvalue weighted by Crippen LogP contribution is -2.52. The molecule has 0 bridgehead atoms. The number of methoxy groups -OCH3 is 1. The first-order valence-corrected chi connectivity index (χ1v) is 14.4. The van der Waals surface area contributed by atoms with Gasteiger partial charge in [-0.25, -0.2) is 8.42 Å². The normalized spacial score (nSPS) is 12.1. The van der Waals surface area contributed by atoms with Crippen LogP contribution in [0.1, 0.15) is 26.3 Å². The van der Waals surface area contributed by atoms with Crippen LogP contribution in [0.5, 0.6) is 5.75 Å². The maximum atomic E-state index is 13.9. The molecule has 11 heteroatoms. The number of hydrogen-bond acceptors (Lipinski definition) is 5. The highest BCUT2D eigenvalue weighted by Crippen LogP contribution is 2.30. The Morgan fingerprint density at radius 1 is 0.923 bits per heavy atom. The Kier molecular flexibility index (Phi) is 10.2. The number of hydrogen-bond donors (Lipinski definition) is 1. The predicted octanol–water partition coefficient (Wildman–Crippen LogP) is 5.14. The monoisotopic (exact) mass is 591 g/mol. The van der Waals surface area contributed by atoms with Crippen molar-refractivity contribution in [2.45, 2.75) is 44.3 Å². The molecule has 0 saturated heterocycles. The molecule has 8 nitrogen and oxygen atoms in total. The highest BCUT2D eigenvalue weighted by molar-refractivity contribution is 7.92. The van der Waals surface area contributed by atoms with Gasteiger partial charge in [-0.15, -0.1) is 0 Å². The van der Waals surface area contributed by atoms with Crippen LogP contribution in [0, 0.1) is 0 Å². The molecule has 3 rings (SSSR count). The number of anilines is 1. The molecular formula is C28H31Cl2N3O5S. The second kappa shape index (κ2) is 13.2. The maximum absolute atomic E-state index is 13.9. The number of sulfonamides is 1. The van der Waals surface area contributed by atoms with Gasteiger partial charge in [0.05, 0.1) is 17.7 Å². The molecule has 2 amide bonds. The van der Waals surface area contributed by atoms with Gasteiger partial charge in [0.2, 0.25) is 11.8 Å². The van der Waals surface area contributed by atoms with Gasteiger partial charge >= 0.3 is 0 Å². The minimum Gasteiger partial charge on any atom is -0.497 e.